The first-order chi connectivity index (χ1) is 8.26. The molecule has 1 rings (SSSR count). The Morgan fingerprint density at radius 3 is 2.94 bits per heavy atom. The van der Waals surface area contributed by atoms with Crippen LogP contribution in [-0.2, 0) is 6.42 Å². The van der Waals surface area contributed by atoms with Crippen molar-refractivity contribution in [2.24, 2.45) is 5.73 Å². The van der Waals surface area contributed by atoms with Crippen LogP contribution in [0.2, 0.25) is 0 Å². The Morgan fingerprint density at radius 1 is 1.41 bits per heavy atom. The number of ether oxygens (including phenoxy) is 1. The van der Waals surface area contributed by atoms with Crippen LogP contribution in [0.25, 0.3) is 0 Å². The second kappa shape index (κ2) is 7.76. The predicted molar refractivity (Wildman–Crippen MR) is 72.0 cm³/mol. The Kier molecular flexibility index (Phi) is 6.21. The molecule has 0 saturated heterocycles. The van der Waals surface area contributed by atoms with Crippen LogP contribution in [0, 0.1) is 11.8 Å². The van der Waals surface area contributed by atoms with Gasteiger partial charge >= 0.3 is 0 Å². The van der Waals surface area contributed by atoms with E-state index in [1.165, 1.54) is 5.56 Å². The average molecular weight is 231 g/mol. The molecule has 0 spiro atoms. The van der Waals surface area contributed by atoms with Gasteiger partial charge in [0.1, 0.15) is 5.75 Å². The Balaban J connectivity index is 2.49. The van der Waals surface area contributed by atoms with E-state index >= 15 is 0 Å². The molecule has 0 heterocycles. The first kappa shape index (κ1) is 13.6. The lowest BCUT2D eigenvalue weighted by Crippen LogP contribution is -2.21. The highest BCUT2D eigenvalue weighted by Crippen LogP contribution is 2.15. The summed E-state index contributed by atoms with van der Waals surface area (Å²) in [6, 6.07) is 8.37. The quantitative estimate of drug-likeness (QED) is 0.603. The monoisotopic (exact) mass is 231 g/mol. The molecule has 0 aliphatic carbocycles. The summed E-state index contributed by atoms with van der Waals surface area (Å²) in [7, 11) is 0. The highest BCUT2D eigenvalue weighted by Gasteiger charge is 2.02. The summed E-state index contributed by atoms with van der Waals surface area (Å²) in [5.41, 5.74) is 7.17. The maximum Gasteiger partial charge on any atom is 0.119 e. The molecule has 2 N–H and O–H groups in total. The summed E-state index contributed by atoms with van der Waals surface area (Å²) in [5.74, 6) is 6.74. The van der Waals surface area contributed by atoms with Crippen LogP contribution in [0.3, 0.4) is 0 Å². The molecule has 1 atom stereocenters. The molecule has 0 aromatic heterocycles. The highest BCUT2D eigenvalue weighted by atomic mass is 16.5. The minimum atomic E-state index is 0.233. The van der Waals surface area contributed by atoms with E-state index in [9.17, 15) is 0 Å². The molecule has 92 valence electrons. The predicted octanol–water partition coefficient (Wildman–Crippen LogP) is 2.76. The highest BCUT2D eigenvalue weighted by molar-refractivity contribution is 5.29. The fourth-order valence-electron chi connectivity index (χ4n) is 1.55. The molecule has 0 fully saturated rings. The summed E-state index contributed by atoms with van der Waals surface area (Å²) in [4.78, 5) is 0. The standard InChI is InChI=1S/C15H21NO/c1-3-5-6-10-17-15-9-7-8-13(12-15)11-14(16)4-2/h7-9,12,14H,4,6,10-11,16H2,1-2H3. The molecule has 1 aromatic rings. The molecule has 0 bridgehead atoms. The van der Waals surface area contributed by atoms with Crippen LogP contribution in [0.15, 0.2) is 24.3 Å². The van der Waals surface area contributed by atoms with Gasteiger partial charge in [-0.25, -0.2) is 0 Å². The summed E-state index contributed by atoms with van der Waals surface area (Å²) in [6.45, 7) is 4.59. The first-order valence-corrected chi connectivity index (χ1v) is 6.13. The van der Waals surface area contributed by atoms with E-state index in [1.54, 1.807) is 0 Å². The normalized spacial score (nSPS) is 11.5. The van der Waals surface area contributed by atoms with E-state index < -0.39 is 0 Å². The molecule has 0 radical (unpaired) electrons. The fraction of sp³-hybridized carbons (Fsp3) is 0.467. The van der Waals surface area contributed by atoms with Crippen molar-refractivity contribution in [2.45, 2.75) is 39.2 Å². The molecule has 1 aromatic carbocycles. The maximum atomic E-state index is 5.94. The van der Waals surface area contributed by atoms with Crippen LogP contribution in [-0.4, -0.2) is 12.6 Å². The van der Waals surface area contributed by atoms with E-state index in [0.29, 0.717) is 6.61 Å². The molecule has 0 aliphatic rings. The summed E-state index contributed by atoms with van der Waals surface area (Å²) >= 11 is 0. The van der Waals surface area contributed by atoms with Gasteiger partial charge in [0.15, 0.2) is 0 Å². The number of benzene rings is 1. The van der Waals surface area contributed by atoms with E-state index in [0.717, 1.165) is 25.0 Å². The minimum absolute atomic E-state index is 0.233. The molecule has 2 heteroatoms. The van der Waals surface area contributed by atoms with Crippen LogP contribution in [0.5, 0.6) is 5.75 Å². The van der Waals surface area contributed by atoms with Gasteiger partial charge in [-0.3, -0.25) is 0 Å². The van der Waals surface area contributed by atoms with Gasteiger partial charge in [0.05, 0.1) is 6.61 Å². The zero-order chi connectivity index (χ0) is 12.5. The van der Waals surface area contributed by atoms with Gasteiger partial charge < -0.3 is 10.5 Å². The zero-order valence-corrected chi connectivity index (χ0v) is 10.7. The fourth-order valence-corrected chi connectivity index (χ4v) is 1.55. The summed E-state index contributed by atoms with van der Waals surface area (Å²) in [6.07, 6.45) is 2.68. The van der Waals surface area contributed by atoms with Crippen LogP contribution >= 0.6 is 0 Å². The van der Waals surface area contributed by atoms with Gasteiger partial charge in [-0.15, -0.1) is 11.8 Å². The smallest absolute Gasteiger partial charge is 0.119 e. The Morgan fingerprint density at radius 2 is 2.24 bits per heavy atom. The van der Waals surface area contributed by atoms with E-state index in [4.69, 9.17) is 10.5 Å². The van der Waals surface area contributed by atoms with E-state index in [1.807, 2.05) is 19.1 Å². The van der Waals surface area contributed by atoms with Crippen molar-refractivity contribution in [1.29, 1.82) is 0 Å². The summed E-state index contributed by atoms with van der Waals surface area (Å²) in [5, 5.41) is 0. The van der Waals surface area contributed by atoms with Gasteiger partial charge in [0, 0.05) is 12.5 Å². The van der Waals surface area contributed by atoms with Crippen molar-refractivity contribution in [2.75, 3.05) is 6.61 Å². The number of rotatable bonds is 6. The lowest BCUT2D eigenvalue weighted by Gasteiger charge is -2.10. The third-order valence-corrected chi connectivity index (χ3v) is 2.59. The van der Waals surface area contributed by atoms with Gasteiger partial charge in [-0.2, -0.15) is 0 Å². The second-order valence-corrected chi connectivity index (χ2v) is 4.05. The third-order valence-electron chi connectivity index (χ3n) is 2.59. The zero-order valence-electron chi connectivity index (χ0n) is 10.7. The third kappa shape index (κ3) is 5.42. The maximum absolute atomic E-state index is 5.94. The van der Waals surface area contributed by atoms with Crippen molar-refractivity contribution < 1.29 is 4.74 Å². The second-order valence-electron chi connectivity index (χ2n) is 4.05. The van der Waals surface area contributed by atoms with E-state index in [-0.39, 0.29) is 6.04 Å². The Hall–Kier alpha value is -1.46. The van der Waals surface area contributed by atoms with Crippen LogP contribution < -0.4 is 10.5 Å². The summed E-state index contributed by atoms with van der Waals surface area (Å²) < 4.78 is 5.62. The molecule has 2 nitrogen and oxygen atoms in total. The minimum Gasteiger partial charge on any atom is -0.493 e. The largest absolute Gasteiger partial charge is 0.493 e. The van der Waals surface area contributed by atoms with Crippen molar-refractivity contribution in [3.63, 3.8) is 0 Å². The van der Waals surface area contributed by atoms with Gasteiger partial charge in [0.25, 0.3) is 0 Å². The van der Waals surface area contributed by atoms with E-state index in [2.05, 4.69) is 30.9 Å². The number of hydrogen-bond donors (Lipinski definition) is 1. The SMILES string of the molecule is CC#CCCOc1cccc(CC(N)CC)c1. The van der Waals surface area contributed by atoms with Crippen molar-refractivity contribution >= 4 is 0 Å². The Bertz CT molecular complexity index is 389. The Labute approximate surface area is 104 Å². The molecule has 1 unspecified atom stereocenters. The topological polar surface area (TPSA) is 35.2 Å². The molecular formula is C15H21NO. The van der Waals surface area contributed by atoms with Crippen molar-refractivity contribution in [3.05, 3.63) is 29.8 Å². The van der Waals surface area contributed by atoms with Crippen LogP contribution in [0.1, 0.15) is 32.3 Å². The van der Waals surface area contributed by atoms with Crippen molar-refractivity contribution in [3.8, 4) is 17.6 Å². The first-order valence-electron chi connectivity index (χ1n) is 6.13. The number of hydrogen-bond acceptors (Lipinski definition) is 2. The lowest BCUT2D eigenvalue weighted by molar-refractivity contribution is 0.327. The van der Waals surface area contributed by atoms with Crippen LogP contribution in [0.4, 0.5) is 0 Å². The average Bonchev–Trinajstić information content (AvgIpc) is 2.35. The molecule has 0 saturated carbocycles. The molecule has 0 aliphatic heterocycles. The molecular weight excluding hydrogens is 210 g/mol. The lowest BCUT2D eigenvalue weighted by atomic mass is 10.0. The van der Waals surface area contributed by atoms with Gasteiger partial charge in [-0.05, 0) is 37.5 Å². The van der Waals surface area contributed by atoms with Gasteiger partial charge in [0.2, 0.25) is 0 Å². The molecule has 17 heavy (non-hydrogen) atoms. The van der Waals surface area contributed by atoms with Crippen molar-refractivity contribution in [1.82, 2.24) is 0 Å². The van der Waals surface area contributed by atoms with Gasteiger partial charge in [-0.1, -0.05) is 19.1 Å². The molecule has 0 amide bonds. The number of nitrogens with two attached hydrogens (primary N) is 1.